The zero-order valence-electron chi connectivity index (χ0n) is 10.4. The van der Waals surface area contributed by atoms with E-state index in [2.05, 4.69) is 0 Å². The maximum absolute atomic E-state index is 11.2. The maximum Gasteiger partial charge on any atom is 0.252 e. The molecule has 0 saturated heterocycles. The van der Waals surface area contributed by atoms with E-state index in [1.165, 1.54) is 0 Å². The van der Waals surface area contributed by atoms with Gasteiger partial charge in [-0.2, -0.15) is 0 Å². The van der Waals surface area contributed by atoms with E-state index < -0.39 is 11.5 Å². The summed E-state index contributed by atoms with van der Waals surface area (Å²) in [6.45, 7) is 5.63. The van der Waals surface area contributed by atoms with Crippen LogP contribution in [0, 0.1) is 5.92 Å². The Bertz CT molecular complexity index is 399. The second-order valence-electron chi connectivity index (χ2n) is 4.66. The summed E-state index contributed by atoms with van der Waals surface area (Å²) < 4.78 is 5.47. The van der Waals surface area contributed by atoms with Crippen molar-refractivity contribution in [2.75, 3.05) is 6.61 Å². The predicted molar refractivity (Wildman–Crippen MR) is 65.9 cm³/mol. The molecule has 17 heavy (non-hydrogen) atoms. The van der Waals surface area contributed by atoms with Crippen LogP contribution in [0.4, 0.5) is 0 Å². The number of rotatable bonds is 5. The average Bonchev–Trinajstić information content (AvgIpc) is 2.26. The fraction of sp³-hybridized carbons (Fsp3) is 0.462. The smallest absolute Gasteiger partial charge is 0.252 e. The van der Waals surface area contributed by atoms with Gasteiger partial charge in [-0.1, -0.05) is 26.0 Å². The average molecular weight is 237 g/mol. The van der Waals surface area contributed by atoms with E-state index in [0.717, 1.165) is 0 Å². The number of benzene rings is 1. The minimum Gasteiger partial charge on any atom is -0.490 e. The van der Waals surface area contributed by atoms with Gasteiger partial charge in [-0.3, -0.25) is 4.79 Å². The molecule has 3 N–H and O–H groups in total. The Morgan fingerprint density at radius 3 is 2.59 bits per heavy atom. The van der Waals surface area contributed by atoms with Gasteiger partial charge in [-0.05, 0) is 25.0 Å². The molecule has 0 fully saturated rings. The van der Waals surface area contributed by atoms with Crippen LogP contribution < -0.4 is 10.5 Å². The summed E-state index contributed by atoms with van der Waals surface area (Å²) in [7, 11) is 0. The molecule has 0 aliphatic heterocycles. The molecule has 1 rings (SSSR count). The van der Waals surface area contributed by atoms with Gasteiger partial charge in [0.1, 0.15) is 12.4 Å². The number of primary amides is 1. The summed E-state index contributed by atoms with van der Waals surface area (Å²) in [6, 6.07) is 6.73. The molecular formula is C13H19NO3. The highest BCUT2D eigenvalue weighted by Crippen LogP contribution is 2.21. The lowest BCUT2D eigenvalue weighted by atomic mass is 9.94. The molecule has 0 radical (unpaired) electrons. The molecule has 0 aromatic heterocycles. The molecule has 4 nitrogen and oxygen atoms in total. The van der Waals surface area contributed by atoms with Crippen LogP contribution in [-0.4, -0.2) is 23.2 Å². The molecule has 1 aromatic rings. The number of hydrogen-bond donors (Lipinski definition) is 2. The van der Waals surface area contributed by atoms with Gasteiger partial charge in [-0.25, -0.2) is 0 Å². The van der Waals surface area contributed by atoms with Crippen LogP contribution >= 0.6 is 0 Å². The quantitative estimate of drug-likeness (QED) is 0.816. The molecule has 0 saturated carbocycles. The Labute approximate surface area is 101 Å². The second kappa shape index (κ2) is 5.19. The van der Waals surface area contributed by atoms with Crippen molar-refractivity contribution in [3.8, 4) is 5.75 Å². The van der Waals surface area contributed by atoms with Crippen LogP contribution in [0.15, 0.2) is 24.3 Å². The molecule has 0 heterocycles. The van der Waals surface area contributed by atoms with Gasteiger partial charge in [0.2, 0.25) is 0 Å². The van der Waals surface area contributed by atoms with Crippen molar-refractivity contribution in [2.24, 2.45) is 11.7 Å². The van der Waals surface area contributed by atoms with Crippen molar-refractivity contribution in [3.63, 3.8) is 0 Å². The number of aliphatic hydroxyl groups is 1. The number of carbonyl (C=O) groups excluding carboxylic acids is 1. The summed E-state index contributed by atoms with van der Waals surface area (Å²) >= 11 is 0. The van der Waals surface area contributed by atoms with Crippen LogP contribution in [0.2, 0.25) is 0 Å². The van der Waals surface area contributed by atoms with Crippen LogP contribution in [0.1, 0.15) is 31.1 Å². The van der Waals surface area contributed by atoms with E-state index in [9.17, 15) is 9.90 Å². The maximum atomic E-state index is 11.2. The largest absolute Gasteiger partial charge is 0.490 e. The Morgan fingerprint density at radius 2 is 2.06 bits per heavy atom. The molecule has 0 aliphatic rings. The highest BCUT2D eigenvalue weighted by molar-refractivity contribution is 5.95. The second-order valence-corrected chi connectivity index (χ2v) is 4.66. The highest BCUT2D eigenvalue weighted by Gasteiger charge is 2.26. The van der Waals surface area contributed by atoms with Crippen LogP contribution in [0.5, 0.6) is 5.75 Å². The van der Waals surface area contributed by atoms with Crippen LogP contribution in [0.25, 0.3) is 0 Å². The summed E-state index contributed by atoms with van der Waals surface area (Å²) in [6.07, 6.45) is 0. The predicted octanol–water partition coefficient (Wildman–Crippen LogP) is 1.57. The van der Waals surface area contributed by atoms with Gasteiger partial charge in [0.25, 0.3) is 5.91 Å². The first-order chi connectivity index (χ1) is 7.84. The molecule has 0 bridgehead atoms. The van der Waals surface area contributed by atoms with Crippen molar-refractivity contribution >= 4 is 5.91 Å². The third-order valence-electron chi connectivity index (χ3n) is 2.92. The van der Waals surface area contributed by atoms with E-state index in [1.54, 1.807) is 31.2 Å². The fourth-order valence-electron chi connectivity index (χ4n) is 1.19. The van der Waals surface area contributed by atoms with E-state index >= 15 is 0 Å². The Morgan fingerprint density at radius 1 is 1.47 bits per heavy atom. The Kier molecular flexibility index (Phi) is 4.12. The molecule has 1 unspecified atom stereocenters. The van der Waals surface area contributed by atoms with E-state index in [0.29, 0.717) is 11.3 Å². The van der Waals surface area contributed by atoms with Crippen molar-refractivity contribution in [1.29, 1.82) is 0 Å². The molecule has 4 heteroatoms. The summed E-state index contributed by atoms with van der Waals surface area (Å²) in [4.78, 5) is 11.2. The van der Waals surface area contributed by atoms with Gasteiger partial charge in [0.05, 0.1) is 11.2 Å². The number of nitrogens with two attached hydrogens (primary N) is 1. The van der Waals surface area contributed by atoms with Crippen LogP contribution in [-0.2, 0) is 0 Å². The summed E-state index contributed by atoms with van der Waals surface area (Å²) in [5.41, 5.74) is 4.62. The van der Waals surface area contributed by atoms with Crippen molar-refractivity contribution < 1.29 is 14.6 Å². The van der Waals surface area contributed by atoms with Gasteiger partial charge in [0.15, 0.2) is 0 Å². The minimum absolute atomic E-state index is 0.0586. The first-order valence-electron chi connectivity index (χ1n) is 5.58. The number of amides is 1. The SMILES string of the molecule is CC(C)C(C)(O)COc1ccccc1C(N)=O. The molecule has 1 amide bonds. The lowest BCUT2D eigenvalue weighted by molar-refractivity contribution is -0.0268. The Hall–Kier alpha value is -1.55. The third-order valence-corrected chi connectivity index (χ3v) is 2.92. The fourth-order valence-corrected chi connectivity index (χ4v) is 1.19. The lowest BCUT2D eigenvalue weighted by Gasteiger charge is -2.27. The van der Waals surface area contributed by atoms with E-state index in [1.807, 2.05) is 13.8 Å². The van der Waals surface area contributed by atoms with Crippen molar-refractivity contribution in [3.05, 3.63) is 29.8 Å². The number of hydrogen-bond acceptors (Lipinski definition) is 3. The minimum atomic E-state index is -0.940. The monoisotopic (exact) mass is 237 g/mol. The number of para-hydroxylation sites is 1. The van der Waals surface area contributed by atoms with E-state index in [-0.39, 0.29) is 12.5 Å². The first-order valence-corrected chi connectivity index (χ1v) is 5.58. The summed E-state index contributed by atoms with van der Waals surface area (Å²) in [5, 5.41) is 10.0. The molecule has 0 aliphatic carbocycles. The van der Waals surface area contributed by atoms with Gasteiger partial charge >= 0.3 is 0 Å². The first kappa shape index (κ1) is 13.5. The van der Waals surface area contributed by atoms with Crippen LogP contribution in [0.3, 0.4) is 0 Å². The summed E-state index contributed by atoms with van der Waals surface area (Å²) in [5.74, 6) is -0.0750. The highest BCUT2D eigenvalue weighted by atomic mass is 16.5. The zero-order valence-corrected chi connectivity index (χ0v) is 10.4. The third kappa shape index (κ3) is 3.46. The molecule has 94 valence electrons. The molecule has 0 spiro atoms. The van der Waals surface area contributed by atoms with Crippen molar-refractivity contribution in [2.45, 2.75) is 26.4 Å². The lowest BCUT2D eigenvalue weighted by Crippen LogP contribution is -2.38. The molecule has 1 atom stereocenters. The van der Waals surface area contributed by atoms with Gasteiger partial charge in [-0.15, -0.1) is 0 Å². The van der Waals surface area contributed by atoms with Crippen molar-refractivity contribution in [1.82, 2.24) is 0 Å². The van der Waals surface area contributed by atoms with Gasteiger partial charge in [0, 0.05) is 0 Å². The van der Waals surface area contributed by atoms with Gasteiger partial charge < -0.3 is 15.6 Å². The Balaban J connectivity index is 2.79. The van der Waals surface area contributed by atoms with E-state index in [4.69, 9.17) is 10.5 Å². The molecular weight excluding hydrogens is 218 g/mol. The normalized spacial score (nSPS) is 14.4. The topological polar surface area (TPSA) is 72.6 Å². The number of carbonyl (C=O) groups is 1. The zero-order chi connectivity index (χ0) is 13.1. The molecule has 1 aromatic carbocycles. The standard InChI is InChI=1S/C13H19NO3/c1-9(2)13(3,16)8-17-11-7-5-4-6-10(11)12(14)15/h4-7,9,16H,8H2,1-3H3,(H2,14,15). The number of ether oxygens (including phenoxy) is 1.